The Kier molecular flexibility index (Phi) is 6.52. The lowest BCUT2D eigenvalue weighted by Gasteiger charge is -2.15. The van der Waals surface area contributed by atoms with E-state index in [0.29, 0.717) is 16.9 Å². The summed E-state index contributed by atoms with van der Waals surface area (Å²) in [6.45, 7) is 5.92. The number of carbonyl (C=O) groups is 3. The molecule has 6 nitrogen and oxygen atoms in total. The highest BCUT2D eigenvalue weighted by atomic mass is 35.5. The Morgan fingerprint density at radius 2 is 1.59 bits per heavy atom. The van der Waals surface area contributed by atoms with Crippen LogP contribution in [0.25, 0.3) is 0 Å². The van der Waals surface area contributed by atoms with Crippen LogP contribution in [0.2, 0.25) is 0 Å². The summed E-state index contributed by atoms with van der Waals surface area (Å²) >= 11 is 6.22. The van der Waals surface area contributed by atoms with Crippen LogP contribution in [0, 0.1) is 13.8 Å². The molecule has 1 heterocycles. The van der Waals surface area contributed by atoms with Gasteiger partial charge in [0.2, 0.25) is 0 Å². The number of anilines is 3. The minimum Gasteiger partial charge on any atom is -0.350 e. The van der Waals surface area contributed by atoms with Gasteiger partial charge in [-0.25, -0.2) is 4.90 Å². The molecule has 0 unspecified atom stereocenters. The molecule has 0 saturated heterocycles. The Morgan fingerprint density at radius 3 is 2.24 bits per heavy atom. The van der Waals surface area contributed by atoms with Crippen molar-refractivity contribution in [3.63, 3.8) is 0 Å². The number of aryl methyl sites for hydroxylation is 3. The molecule has 0 fully saturated rings. The summed E-state index contributed by atoms with van der Waals surface area (Å²) in [5.74, 6) is -1.36. The highest BCUT2D eigenvalue weighted by Gasteiger charge is 2.38. The third-order valence-electron chi connectivity index (χ3n) is 5.69. The fraction of sp³-hybridized carbons (Fsp3) is 0.148. The average Bonchev–Trinajstić information content (AvgIpc) is 3.05. The van der Waals surface area contributed by atoms with E-state index in [4.69, 9.17) is 11.6 Å². The molecule has 3 aromatic carbocycles. The maximum Gasteiger partial charge on any atom is 0.283 e. The molecule has 4 rings (SSSR count). The predicted molar refractivity (Wildman–Crippen MR) is 135 cm³/mol. The summed E-state index contributed by atoms with van der Waals surface area (Å²) < 4.78 is 0. The first-order valence-electron chi connectivity index (χ1n) is 10.9. The Bertz CT molecular complexity index is 1310. The van der Waals surface area contributed by atoms with E-state index in [2.05, 4.69) is 10.6 Å². The molecule has 0 bridgehead atoms. The van der Waals surface area contributed by atoms with Gasteiger partial charge in [0, 0.05) is 16.9 Å². The van der Waals surface area contributed by atoms with E-state index < -0.39 is 11.8 Å². The number of carbonyl (C=O) groups excluding carboxylic acids is 3. The molecule has 34 heavy (non-hydrogen) atoms. The second-order valence-electron chi connectivity index (χ2n) is 8.13. The van der Waals surface area contributed by atoms with Gasteiger partial charge >= 0.3 is 0 Å². The van der Waals surface area contributed by atoms with Crippen LogP contribution in [-0.2, 0) is 16.0 Å². The van der Waals surface area contributed by atoms with E-state index >= 15 is 0 Å². The van der Waals surface area contributed by atoms with Gasteiger partial charge in [0.05, 0.1) is 5.69 Å². The minimum atomic E-state index is -0.581. The van der Waals surface area contributed by atoms with Gasteiger partial charge in [-0.05, 0) is 79.4 Å². The van der Waals surface area contributed by atoms with Crippen LogP contribution in [0.1, 0.15) is 34.0 Å². The molecule has 0 aromatic heterocycles. The molecule has 172 valence electrons. The van der Waals surface area contributed by atoms with E-state index in [-0.39, 0.29) is 16.6 Å². The third-order valence-corrected chi connectivity index (χ3v) is 6.04. The molecule has 3 amide bonds. The SMILES string of the molecule is CCc1ccc(N2C(=O)C(Cl)=C(Nc3ccc(C(=O)Nc4cc(C)ccc4C)cc3)C2=O)cc1. The lowest BCUT2D eigenvalue weighted by Crippen LogP contribution is -2.32. The molecule has 3 aromatic rings. The number of rotatable bonds is 6. The molecule has 2 N–H and O–H groups in total. The fourth-order valence-corrected chi connectivity index (χ4v) is 3.85. The van der Waals surface area contributed by atoms with Crippen molar-refractivity contribution in [3.8, 4) is 0 Å². The highest BCUT2D eigenvalue weighted by Crippen LogP contribution is 2.30. The quantitative estimate of drug-likeness (QED) is 0.460. The van der Waals surface area contributed by atoms with Gasteiger partial charge < -0.3 is 10.6 Å². The van der Waals surface area contributed by atoms with E-state index in [1.54, 1.807) is 36.4 Å². The Morgan fingerprint density at radius 1 is 0.912 bits per heavy atom. The number of halogens is 1. The smallest absolute Gasteiger partial charge is 0.283 e. The van der Waals surface area contributed by atoms with Crippen LogP contribution in [-0.4, -0.2) is 17.7 Å². The van der Waals surface area contributed by atoms with Crippen LogP contribution in [0.5, 0.6) is 0 Å². The number of hydrogen-bond donors (Lipinski definition) is 2. The number of nitrogens with one attached hydrogen (secondary N) is 2. The molecule has 0 spiro atoms. The summed E-state index contributed by atoms with van der Waals surface area (Å²) in [6.07, 6.45) is 0.854. The molecular weight excluding hydrogens is 450 g/mol. The Labute approximate surface area is 203 Å². The van der Waals surface area contributed by atoms with Crippen molar-refractivity contribution in [2.45, 2.75) is 27.2 Å². The lowest BCUT2D eigenvalue weighted by atomic mass is 10.1. The van der Waals surface area contributed by atoms with Crippen molar-refractivity contribution in [1.82, 2.24) is 0 Å². The van der Waals surface area contributed by atoms with Gasteiger partial charge in [-0.15, -0.1) is 0 Å². The molecular formula is C27H24ClN3O3. The first-order valence-corrected chi connectivity index (χ1v) is 11.3. The molecule has 7 heteroatoms. The monoisotopic (exact) mass is 473 g/mol. The summed E-state index contributed by atoms with van der Waals surface area (Å²) in [7, 11) is 0. The number of imide groups is 1. The van der Waals surface area contributed by atoms with E-state index in [0.717, 1.165) is 33.7 Å². The standard InChI is InChI=1S/C27H24ClN3O3/c1-4-18-7-13-21(14-8-18)31-26(33)23(28)24(27(31)34)29-20-11-9-19(10-12-20)25(32)30-22-15-16(2)5-6-17(22)3/h5-15,29H,4H2,1-3H3,(H,30,32). The number of benzene rings is 3. The molecule has 1 aliphatic heterocycles. The second kappa shape index (κ2) is 9.53. The van der Waals surface area contributed by atoms with Crippen molar-refractivity contribution >= 4 is 46.4 Å². The molecule has 0 aliphatic carbocycles. The van der Waals surface area contributed by atoms with Crippen molar-refractivity contribution < 1.29 is 14.4 Å². The van der Waals surface area contributed by atoms with Crippen LogP contribution in [0.4, 0.5) is 17.1 Å². The van der Waals surface area contributed by atoms with Crippen molar-refractivity contribution in [2.75, 3.05) is 15.5 Å². The topological polar surface area (TPSA) is 78.5 Å². The first kappa shape index (κ1) is 23.3. The van der Waals surface area contributed by atoms with Crippen molar-refractivity contribution in [2.24, 2.45) is 0 Å². The van der Waals surface area contributed by atoms with Crippen LogP contribution in [0.3, 0.4) is 0 Å². The third kappa shape index (κ3) is 4.58. The van der Waals surface area contributed by atoms with Gasteiger partial charge in [-0.1, -0.05) is 42.8 Å². The van der Waals surface area contributed by atoms with Gasteiger partial charge in [0.25, 0.3) is 17.7 Å². The number of hydrogen-bond acceptors (Lipinski definition) is 4. The zero-order valence-corrected chi connectivity index (χ0v) is 19.9. The maximum atomic E-state index is 13.0. The summed E-state index contributed by atoms with van der Waals surface area (Å²) in [6, 6.07) is 19.7. The van der Waals surface area contributed by atoms with Crippen molar-refractivity contribution in [1.29, 1.82) is 0 Å². The van der Waals surface area contributed by atoms with E-state index in [9.17, 15) is 14.4 Å². The molecule has 0 saturated carbocycles. The molecule has 1 aliphatic rings. The number of amides is 3. The van der Waals surface area contributed by atoms with Crippen LogP contribution in [0.15, 0.2) is 77.5 Å². The number of nitrogens with zero attached hydrogens (tertiary/aromatic N) is 1. The Hall–Kier alpha value is -3.90. The minimum absolute atomic E-state index is 0.00109. The normalized spacial score (nSPS) is 13.5. The first-order chi connectivity index (χ1) is 16.3. The Balaban J connectivity index is 1.48. The fourth-order valence-electron chi connectivity index (χ4n) is 3.64. The van der Waals surface area contributed by atoms with Gasteiger partial charge in [0.15, 0.2) is 0 Å². The summed E-state index contributed by atoms with van der Waals surface area (Å²) in [4.78, 5) is 39.3. The zero-order chi connectivity index (χ0) is 24.4. The summed E-state index contributed by atoms with van der Waals surface area (Å²) in [5.41, 5.74) is 5.32. The van der Waals surface area contributed by atoms with Crippen LogP contribution >= 0.6 is 11.6 Å². The van der Waals surface area contributed by atoms with Gasteiger partial charge in [-0.2, -0.15) is 0 Å². The van der Waals surface area contributed by atoms with E-state index in [1.165, 1.54) is 0 Å². The molecule has 0 atom stereocenters. The summed E-state index contributed by atoms with van der Waals surface area (Å²) in [5, 5.41) is 5.67. The van der Waals surface area contributed by atoms with E-state index in [1.807, 2.05) is 51.1 Å². The lowest BCUT2D eigenvalue weighted by molar-refractivity contribution is -0.120. The largest absolute Gasteiger partial charge is 0.350 e. The average molecular weight is 474 g/mol. The van der Waals surface area contributed by atoms with Gasteiger partial charge in [-0.3, -0.25) is 14.4 Å². The highest BCUT2D eigenvalue weighted by molar-refractivity contribution is 6.53. The molecule has 0 radical (unpaired) electrons. The van der Waals surface area contributed by atoms with Crippen molar-refractivity contribution in [3.05, 3.63) is 99.7 Å². The van der Waals surface area contributed by atoms with Crippen LogP contribution < -0.4 is 15.5 Å². The van der Waals surface area contributed by atoms with Gasteiger partial charge in [0.1, 0.15) is 10.7 Å². The second-order valence-corrected chi connectivity index (χ2v) is 8.51. The zero-order valence-electron chi connectivity index (χ0n) is 19.1. The predicted octanol–water partition coefficient (Wildman–Crippen LogP) is 5.55. The maximum absolute atomic E-state index is 13.0.